The van der Waals surface area contributed by atoms with E-state index in [4.69, 9.17) is 4.42 Å². The maximum absolute atomic E-state index is 12.5. The van der Waals surface area contributed by atoms with Crippen molar-refractivity contribution in [2.24, 2.45) is 0 Å². The van der Waals surface area contributed by atoms with Gasteiger partial charge in [0.05, 0.1) is 10.5 Å². The first-order chi connectivity index (χ1) is 12.2. The Morgan fingerprint density at radius 1 is 1.19 bits per heavy atom. The molecule has 0 saturated carbocycles. The quantitative estimate of drug-likeness (QED) is 0.668. The molecular weight excluding hydrogens is 420 g/mol. The Hall–Kier alpha value is -2.45. The number of nitrogens with one attached hydrogen (secondary N) is 1. The molecule has 0 atom stereocenters. The van der Waals surface area contributed by atoms with E-state index in [0.717, 1.165) is 11.8 Å². The molecule has 3 rings (SSSR count). The highest BCUT2D eigenvalue weighted by Gasteiger charge is 2.15. The lowest BCUT2D eigenvalue weighted by Crippen LogP contribution is -2.13. The van der Waals surface area contributed by atoms with Gasteiger partial charge >= 0.3 is 0 Å². The molecule has 6 nitrogen and oxygen atoms in total. The predicted octanol–water partition coefficient (Wildman–Crippen LogP) is 4.07. The number of rotatable bonds is 4. The van der Waals surface area contributed by atoms with Crippen molar-refractivity contribution >= 4 is 37.4 Å². The van der Waals surface area contributed by atoms with E-state index in [1.807, 2.05) is 6.07 Å². The van der Waals surface area contributed by atoms with Crippen LogP contribution in [0.4, 0.5) is 5.69 Å². The Morgan fingerprint density at radius 2 is 1.96 bits per heavy atom. The molecule has 1 heterocycles. The summed E-state index contributed by atoms with van der Waals surface area (Å²) in [7, 11) is -3.34. The van der Waals surface area contributed by atoms with Crippen LogP contribution in [0.3, 0.4) is 0 Å². The fraction of sp³-hybridized carbons (Fsp3) is 0.111. The maximum Gasteiger partial charge on any atom is 0.256 e. The SMILES string of the molecule is Cc1nc(-c2cccc(NC(=O)c3ccc(S(C)(=O)=O)cc3Br)c2)co1. The number of aromatic nitrogens is 1. The molecule has 26 heavy (non-hydrogen) atoms. The zero-order valence-electron chi connectivity index (χ0n) is 14.0. The number of carbonyl (C=O) groups is 1. The average Bonchev–Trinajstić information content (AvgIpc) is 3.00. The van der Waals surface area contributed by atoms with Crippen molar-refractivity contribution in [2.75, 3.05) is 11.6 Å². The van der Waals surface area contributed by atoms with Crippen LogP contribution in [0, 0.1) is 6.92 Å². The van der Waals surface area contributed by atoms with E-state index < -0.39 is 9.84 Å². The number of hydrogen-bond acceptors (Lipinski definition) is 5. The minimum atomic E-state index is -3.34. The summed E-state index contributed by atoms with van der Waals surface area (Å²) in [6.45, 7) is 1.76. The van der Waals surface area contributed by atoms with Gasteiger partial charge in [-0.05, 0) is 46.3 Å². The molecule has 0 spiro atoms. The summed E-state index contributed by atoms with van der Waals surface area (Å²) in [5.74, 6) is 0.203. The van der Waals surface area contributed by atoms with Gasteiger partial charge in [-0.15, -0.1) is 0 Å². The van der Waals surface area contributed by atoms with Gasteiger partial charge in [0.2, 0.25) is 0 Å². The average molecular weight is 435 g/mol. The fourth-order valence-corrected chi connectivity index (χ4v) is 3.72. The van der Waals surface area contributed by atoms with Crippen molar-refractivity contribution in [2.45, 2.75) is 11.8 Å². The molecule has 0 aliphatic carbocycles. The van der Waals surface area contributed by atoms with E-state index in [0.29, 0.717) is 27.3 Å². The van der Waals surface area contributed by atoms with Gasteiger partial charge in [-0.3, -0.25) is 4.79 Å². The summed E-state index contributed by atoms with van der Waals surface area (Å²) in [6, 6.07) is 11.5. The van der Waals surface area contributed by atoms with Crippen LogP contribution in [0.2, 0.25) is 0 Å². The minimum absolute atomic E-state index is 0.143. The highest BCUT2D eigenvalue weighted by Crippen LogP contribution is 2.25. The molecule has 0 aliphatic rings. The number of halogens is 1. The van der Waals surface area contributed by atoms with Crippen molar-refractivity contribution in [1.82, 2.24) is 4.98 Å². The van der Waals surface area contributed by atoms with Crippen LogP contribution in [0.5, 0.6) is 0 Å². The van der Waals surface area contributed by atoms with Crippen molar-refractivity contribution < 1.29 is 17.6 Å². The van der Waals surface area contributed by atoms with Crippen LogP contribution in [-0.2, 0) is 9.84 Å². The second-order valence-electron chi connectivity index (χ2n) is 5.70. The zero-order chi connectivity index (χ0) is 18.9. The second kappa shape index (κ2) is 7.05. The molecule has 1 N–H and O–H groups in total. The largest absolute Gasteiger partial charge is 0.449 e. The van der Waals surface area contributed by atoms with E-state index >= 15 is 0 Å². The summed E-state index contributed by atoms with van der Waals surface area (Å²) in [6.07, 6.45) is 2.67. The van der Waals surface area contributed by atoms with E-state index in [9.17, 15) is 13.2 Å². The molecular formula is C18H15BrN2O4S. The van der Waals surface area contributed by atoms with Gasteiger partial charge in [-0.2, -0.15) is 0 Å². The van der Waals surface area contributed by atoms with Crippen molar-refractivity contribution in [3.8, 4) is 11.3 Å². The number of benzene rings is 2. The lowest BCUT2D eigenvalue weighted by atomic mass is 10.1. The molecule has 1 amide bonds. The number of hydrogen-bond donors (Lipinski definition) is 1. The third-order valence-corrected chi connectivity index (χ3v) is 5.41. The Bertz CT molecular complexity index is 1090. The highest BCUT2D eigenvalue weighted by atomic mass is 79.9. The molecule has 0 fully saturated rings. The van der Waals surface area contributed by atoms with Crippen molar-refractivity contribution in [3.05, 3.63) is 64.7 Å². The van der Waals surface area contributed by atoms with Gasteiger partial charge < -0.3 is 9.73 Å². The minimum Gasteiger partial charge on any atom is -0.449 e. The third kappa shape index (κ3) is 4.03. The number of nitrogens with zero attached hydrogens (tertiary/aromatic N) is 1. The summed E-state index contributed by atoms with van der Waals surface area (Å²) in [5, 5.41) is 2.80. The normalized spacial score (nSPS) is 11.3. The molecule has 0 saturated heterocycles. The van der Waals surface area contributed by atoms with E-state index in [1.165, 1.54) is 18.2 Å². The lowest BCUT2D eigenvalue weighted by Gasteiger charge is -2.09. The number of amides is 1. The zero-order valence-corrected chi connectivity index (χ0v) is 16.4. The van der Waals surface area contributed by atoms with Crippen LogP contribution in [0.1, 0.15) is 16.2 Å². The summed E-state index contributed by atoms with van der Waals surface area (Å²) < 4.78 is 28.8. The molecule has 2 aromatic carbocycles. The second-order valence-corrected chi connectivity index (χ2v) is 8.57. The van der Waals surface area contributed by atoms with Gasteiger partial charge in [0.1, 0.15) is 12.0 Å². The number of carbonyl (C=O) groups excluding carboxylic acids is 1. The topological polar surface area (TPSA) is 89.3 Å². The highest BCUT2D eigenvalue weighted by molar-refractivity contribution is 9.10. The van der Waals surface area contributed by atoms with Gasteiger partial charge in [-0.1, -0.05) is 12.1 Å². The van der Waals surface area contributed by atoms with Gasteiger partial charge in [0.15, 0.2) is 15.7 Å². The molecule has 0 aliphatic heterocycles. The number of anilines is 1. The predicted molar refractivity (Wildman–Crippen MR) is 102 cm³/mol. The van der Waals surface area contributed by atoms with E-state index in [1.54, 1.807) is 31.4 Å². The summed E-state index contributed by atoms with van der Waals surface area (Å²) >= 11 is 3.26. The maximum atomic E-state index is 12.5. The first kappa shape index (κ1) is 18.3. The van der Waals surface area contributed by atoms with Crippen LogP contribution < -0.4 is 5.32 Å². The van der Waals surface area contributed by atoms with Crippen LogP contribution in [0.15, 0.2) is 62.5 Å². The number of oxazole rings is 1. The summed E-state index contributed by atoms with van der Waals surface area (Å²) in [4.78, 5) is 16.9. The van der Waals surface area contributed by atoms with E-state index in [2.05, 4.69) is 26.2 Å². The van der Waals surface area contributed by atoms with Gasteiger partial charge in [0, 0.05) is 28.9 Å². The molecule has 0 radical (unpaired) electrons. The standard InChI is InChI=1S/C18H15BrN2O4S/c1-11-20-17(10-25-11)12-4-3-5-13(8-12)21-18(22)15-7-6-14(9-16(15)19)26(2,23)24/h3-10H,1-2H3,(H,21,22). The third-order valence-electron chi connectivity index (χ3n) is 3.65. The van der Waals surface area contributed by atoms with Crippen molar-refractivity contribution in [1.29, 1.82) is 0 Å². The molecule has 3 aromatic rings. The van der Waals surface area contributed by atoms with E-state index in [-0.39, 0.29) is 10.8 Å². The molecule has 0 bridgehead atoms. The van der Waals surface area contributed by atoms with Gasteiger partial charge in [0.25, 0.3) is 5.91 Å². The van der Waals surface area contributed by atoms with Gasteiger partial charge in [-0.25, -0.2) is 13.4 Å². The Morgan fingerprint density at radius 3 is 2.58 bits per heavy atom. The number of aryl methyl sites for hydroxylation is 1. The summed E-state index contributed by atoms with van der Waals surface area (Å²) in [5.41, 5.74) is 2.41. The monoisotopic (exact) mass is 434 g/mol. The van der Waals surface area contributed by atoms with Crippen LogP contribution >= 0.6 is 15.9 Å². The molecule has 1 aromatic heterocycles. The molecule has 0 unspecified atom stereocenters. The Kier molecular flexibility index (Phi) is 4.97. The van der Waals surface area contributed by atoms with Crippen LogP contribution in [0.25, 0.3) is 11.3 Å². The Labute approximate surface area is 159 Å². The smallest absolute Gasteiger partial charge is 0.256 e. The molecule has 134 valence electrons. The first-order valence-electron chi connectivity index (χ1n) is 7.57. The number of sulfone groups is 1. The first-order valence-corrected chi connectivity index (χ1v) is 10.3. The molecule has 8 heteroatoms. The Balaban J connectivity index is 1.84. The fourth-order valence-electron chi connectivity index (χ4n) is 2.36. The van der Waals surface area contributed by atoms with Crippen LogP contribution in [-0.4, -0.2) is 25.6 Å². The van der Waals surface area contributed by atoms with Crippen molar-refractivity contribution in [3.63, 3.8) is 0 Å². The lowest BCUT2D eigenvalue weighted by molar-refractivity contribution is 0.102.